The fourth-order valence-corrected chi connectivity index (χ4v) is 3.47. The van der Waals surface area contributed by atoms with Crippen LogP contribution in [0.2, 0.25) is 0 Å². The van der Waals surface area contributed by atoms with Gasteiger partial charge in [-0.05, 0) is 45.8 Å². The minimum atomic E-state index is -4.47. The van der Waals surface area contributed by atoms with Gasteiger partial charge in [-0.15, -0.1) is 0 Å². The van der Waals surface area contributed by atoms with Gasteiger partial charge in [-0.3, -0.25) is 4.79 Å². The fourth-order valence-electron chi connectivity index (χ4n) is 3.12. The number of halogens is 5. The molecule has 0 aliphatic heterocycles. The van der Waals surface area contributed by atoms with Crippen molar-refractivity contribution >= 4 is 33.3 Å². The van der Waals surface area contributed by atoms with Crippen LogP contribution in [0.4, 0.5) is 23.4 Å². The number of carbonyl (C=O) groups excluding carboxylic acids is 1. The summed E-state index contributed by atoms with van der Waals surface area (Å²) in [5, 5.41) is 9.31. The Bertz CT molecular complexity index is 1300. The van der Waals surface area contributed by atoms with Gasteiger partial charge < -0.3 is 10.6 Å². The van der Waals surface area contributed by atoms with Crippen molar-refractivity contribution < 1.29 is 22.4 Å². The molecule has 0 radical (unpaired) electrons. The molecule has 1 amide bonds. The molecule has 0 bridgehead atoms. The highest BCUT2D eigenvalue weighted by molar-refractivity contribution is 9.10. The Morgan fingerprint density at radius 2 is 1.82 bits per heavy atom. The highest BCUT2D eigenvalue weighted by Gasteiger charge is 2.27. The maximum absolute atomic E-state index is 14.3. The molecule has 2 aromatic carbocycles. The van der Waals surface area contributed by atoms with E-state index in [1.54, 1.807) is 47.1 Å². The quantitative estimate of drug-likeness (QED) is 0.342. The van der Waals surface area contributed by atoms with Crippen molar-refractivity contribution in [3.05, 3.63) is 82.2 Å². The Kier molecular flexibility index (Phi) is 6.32. The van der Waals surface area contributed by atoms with Crippen molar-refractivity contribution in [2.75, 3.05) is 11.9 Å². The number of nitrogens with one attached hydrogen (secondary N) is 2. The Balaban J connectivity index is 1.54. The van der Waals surface area contributed by atoms with Crippen LogP contribution in [0.25, 0.3) is 16.9 Å². The van der Waals surface area contributed by atoms with E-state index in [1.807, 2.05) is 5.32 Å². The molecular weight excluding hydrogens is 506 g/mol. The largest absolute Gasteiger partial charge is 0.405 e. The lowest BCUT2D eigenvalue weighted by molar-refractivity contribution is -0.123. The highest BCUT2D eigenvalue weighted by Crippen LogP contribution is 2.27. The Hall–Kier alpha value is -3.47. The molecule has 0 unspecified atom stereocenters. The van der Waals surface area contributed by atoms with Gasteiger partial charge in [-0.25, -0.2) is 9.37 Å². The zero-order valence-electron chi connectivity index (χ0n) is 16.8. The van der Waals surface area contributed by atoms with Crippen LogP contribution in [0.15, 0.2) is 65.3 Å². The lowest BCUT2D eigenvalue weighted by atomic mass is 10.1. The summed E-state index contributed by atoms with van der Waals surface area (Å²) < 4.78 is 53.3. The smallest absolute Gasteiger partial charge is 0.366 e. The van der Waals surface area contributed by atoms with E-state index in [1.165, 1.54) is 18.2 Å². The summed E-state index contributed by atoms with van der Waals surface area (Å²) in [6.45, 7) is -1.07. The standard InChI is InChI=1S/C22H16BrF4N5O/c23-16-11-30-32-19(9-18(31-20(16)32)15-3-1-2-4-17(15)24)28-10-13-5-7-14(8-6-13)21(33)29-12-22(25,26)27/h1-9,11,28H,10,12H2,(H,29,33). The average Bonchev–Trinajstić information content (AvgIpc) is 3.17. The van der Waals surface area contributed by atoms with E-state index in [0.717, 1.165) is 5.56 Å². The number of benzene rings is 2. The Morgan fingerprint density at radius 1 is 1.09 bits per heavy atom. The number of amides is 1. The molecule has 4 aromatic rings. The number of nitrogens with zero attached hydrogens (tertiary/aromatic N) is 3. The Morgan fingerprint density at radius 3 is 2.52 bits per heavy atom. The van der Waals surface area contributed by atoms with E-state index in [-0.39, 0.29) is 5.56 Å². The average molecular weight is 522 g/mol. The lowest BCUT2D eigenvalue weighted by Crippen LogP contribution is -2.33. The minimum absolute atomic E-state index is 0.118. The first kappa shape index (κ1) is 22.7. The maximum Gasteiger partial charge on any atom is 0.405 e. The predicted molar refractivity (Wildman–Crippen MR) is 118 cm³/mol. The van der Waals surface area contributed by atoms with Crippen LogP contribution in [0.5, 0.6) is 0 Å². The van der Waals surface area contributed by atoms with Crippen molar-refractivity contribution in [2.24, 2.45) is 0 Å². The van der Waals surface area contributed by atoms with Gasteiger partial charge in [-0.1, -0.05) is 24.3 Å². The summed E-state index contributed by atoms with van der Waals surface area (Å²) in [6, 6.07) is 14.1. The molecule has 0 saturated carbocycles. The zero-order valence-corrected chi connectivity index (χ0v) is 18.4. The fraction of sp³-hybridized carbons (Fsp3) is 0.136. The molecule has 2 N–H and O–H groups in total. The SMILES string of the molecule is O=C(NCC(F)(F)F)c1ccc(CNc2cc(-c3ccccc3F)nc3c(Br)cnn23)cc1. The molecule has 11 heteroatoms. The van der Waals surface area contributed by atoms with Gasteiger partial charge in [-0.2, -0.15) is 22.8 Å². The topological polar surface area (TPSA) is 71.3 Å². The van der Waals surface area contributed by atoms with Gasteiger partial charge in [0.1, 0.15) is 18.2 Å². The van der Waals surface area contributed by atoms with Crippen molar-refractivity contribution in [1.29, 1.82) is 0 Å². The van der Waals surface area contributed by atoms with Crippen LogP contribution in [0.1, 0.15) is 15.9 Å². The molecule has 33 heavy (non-hydrogen) atoms. The summed E-state index contributed by atoms with van der Waals surface area (Å²) in [5.74, 6) is -0.662. The molecular formula is C22H16BrF4N5O. The van der Waals surface area contributed by atoms with Gasteiger partial charge in [0.05, 0.1) is 16.4 Å². The third-order valence-corrected chi connectivity index (χ3v) is 5.28. The van der Waals surface area contributed by atoms with Crippen molar-refractivity contribution in [1.82, 2.24) is 19.9 Å². The molecule has 0 spiro atoms. The van der Waals surface area contributed by atoms with Gasteiger partial charge in [0.2, 0.25) is 0 Å². The number of carbonyl (C=O) groups is 1. The van der Waals surface area contributed by atoms with Gasteiger partial charge in [0.25, 0.3) is 5.91 Å². The predicted octanol–water partition coefficient (Wildman–Crippen LogP) is 5.20. The number of rotatable bonds is 6. The van der Waals surface area contributed by atoms with E-state index < -0.39 is 24.4 Å². The number of hydrogen-bond acceptors (Lipinski definition) is 4. The molecule has 0 aliphatic rings. The molecule has 0 aliphatic carbocycles. The van der Waals surface area contributed by atoms with Crippen molar-refractivity contribution in [2.45, 2.75) is 12.7 Å². The number of fused-ring (bicyclic) bond motifs is 1. The molecule has 170 valence electrons. The second kappa shape index (κ2) is 9.18. The molecule has 0 fully saturated rings. The summed E-state index contributed by atoms with van der Waals surface area (Å²) in [5.41, 5.74) is 2.14. The number of anilines is 1. The van der Waals surface area contributed by atoms with E-state index in [0.29, 0.717) is 33.7 Å². The van der Waals surface area contributed by atoms with Crippen LogP contribution in [-0.2, 0) is 6.54 Å². The second-order valence-corrected chi connectivity index (χ2v) is 7.94. The van der Waals surface area contributed by atoms with Crippen LogP contribution in [0.3, 0.4) is 0 Å². The van der Waals surface area contributed by atoms with Crippen molar-refractivity contribution in [3.8, 4) is 11.3 Å². The normalized spacial score (nSPS) is 11.5. The third-order valence-electron chi connectivity index (χ3n) is 4.72. The highest BCUT2D eigenvalue weighted by atomic mass is 79.9. The monoisotopic (exact) mass is 521 g/mol. The molecule has 2 heterocycles. The zero-order chi connectivity index (χ0) is 23.6. The summed E-state index contributed by atoms with van der Waals surface area (Å²) >= 11 is 3.39. The van der Waals surface area contributed by atoms with E-state index in [9.17, 15) is 22.4 Å². The van der Waals surface area contributed by atoms with E-state index in [2.05, 4.69) is 31.3 Å². The first-order valence-corrected chi connectivity index (χ1v) is 10.5. The van der Waals surface area contributed by atoms with Gasteiger partial charge in [0, 0.05) is 23.7 Å². The number of hydrogen-bond donors (Lipinski definition) is 2. The van der Waals surface area contributed by atoms with Gasteiger partial charge in [0.15, 0.2) is 5.65 Å². The molecule has 0 atom stereocenters. The van der Waals surface area contributed by atoms with Crippen LogP contribution in [-0.4, -0.2) is 33.2 Å². The molecule has 2 aromatic heterocycles. The number of aromatic nitrogens is 3. The number of alkyl halides is 3. The van der Waals surface area contributed by atoms with E-state index in [4.69, 9.17) is 0 Å². The maximum atomic E-state index is 14.3. The molecule has 6 nitrogen and oxygen atoms in total. The molecule has 0 saturated heterocycles. The second-order valence-electron chi connectivity index (χ2n) is 7.08. The lowest BCUT2D eigenvalue weighted by Gasteiger charge is -2.12. The Labute approximate surface area is 193 Å². The van der Waals surface area contributed by atoms with Crippen LogP contribution in [0, 0.1) is 5.82 Å². The van der Waals surface area contributed by atoms with Crippen LogP contribution < -0.4 is 10.6 Å². The van der Waals surface area contributed by atoms with Crippen LogP contribution >= 0.6 is 15.9 Å². The molecule has 4 rings (SSSR count). The summed E-state index contributed by atoms with van der Waals surface area (Å²) in [7, 11) is 0. The first-order chi connectivity index (χ1) is 15.7. The van der Waals surface area contributed by atoms with E-state index >= 15 is 0 Å². The van der Waals surface area contributed by atoms with Crippen molar-refractivity contribution in [3.63, 3.8) is 0 Å². The summed E-state index contributed by atoms with van der Waals surface area (Å²) in [6.07, 6.45) is -2.90. The minimum Gasteiger partial charge on any atom is -0.366 e. The summed E-state index contributed by atoms with van der Waals surface area (Å²) in [4.78, 5) is 16.3. The first-order valence-electron chi connectivity index (χ1n) is 9.68. The van der Waals surface area contributed by atoms with Gasteiger partial charge >= 0.3 is 6.18 Å². The third kappa shape index (κ3) is 5.30.